The van der Waals surface area contributed by atoms with Crippen LogP contribution in [-0.2, 0) is 12.8 Å². The molecular formula is C15H26N2. The minimum atomic E-state index is 0.788. The average Bonchev–Trinajstić information content (AvgIpc) is 2.36. The molecule has 1 aromatic carbocycles. The van der Waals surface area contributed by atoms with E-state index in [1.807, 2.05) is 0 Å². The number of likely N-dealkylation sites (N-methyl/N-ethyl adjacent to an activating group) is 1. The molecule has 0 atom stereocenters. The van der Waals surface area contributed by atoms with Crippen molar-refractivity contribution in [3.05, 3.63) is 35.4 Å². The fourth-order valence-electron chi connectivity index (χ4n) is 1.95. The first kappa shape index (κ1) is 14.2. The molecule has 2 nitrogen and oxygen atoms in total. The smallest absolute Gasteiger partial charge is 0.00188 e. The van der Waals surface area contributed by atoms with Crippen LogP contribution < -0.4 is 5.73 Å². The van der Waals surface area contributed by atoms with Crippen molar-refractivity contribution in [2.45, 2.75) is 32.6 Å². The topological polar surface area (TPSA) is 29.3 Å². The normalized spacial score (nSPS) is 11.1. The summed E-state index contributed by atoms with van der Waals surface area (Å²) in [6.45, 7) is 5.23. The minimum Gasteiger partial charge on any atom is -0.330 e. The van der Waals surface area contributed by atoms with Crippen molar-refractivity contribution in [2.75, 3.05) is 26.7 Å². The average molecular weight is 234 g/mol. The summed E-state index contributed by atoms with van der Waals surface area (Å²) in [5.41, 5.74) is 8.39. The summed E-state index contributed by atoms with van der Waals surface area (Å²) in [7, 11) is 2.17. The number of nitrogens with zero attached hydrogens (tertiary/aromatic N) is 1. The van der Waals surface area contributed by atoms with E-state index in [9.17, 15) is 0 Å². The lowest BCUT2D eigenvalue weighted by molar-refractivity contribution is 0.335. The van der Waals surface area contributed by atoms with Gasteiger partial charge in [0.1, 0.15) is 0 Å². The number of benzene rings is 1. The van der Waals surface area contributed by atoms with Crippen LogP contribution in [0.25, 0.3) is 0 Å². The molecule has 2 heteroatoms. The highest BCUT2D eigenvalue weighted by molar-refractivity contribution is 5.22. The van der Waals surface area contributed by atoms with Crippen LogP contribution in [0.4, 0.5) is 0 Å². The summed E-state index contributed by atoms with van der Waals surface area (Å²) < 4.78 is 0. The fourth-order valence-corrected chi connectivity index (χ4v) is 1.95. The Morgan fingerprint density at radius 2 is 1.59 bits per heavy atom. The van der Waals surface area contributed by atoms with E-state index in [0.717, 1.165) is 32.5 Å². The first-order chi connectivity index (χ1) is 8.26. The van der Waals surface area contributed by atoms with Crippen molar-refractivity contribution in [3.8, 4) is 0 Å². The molecule has 0 saturated heterocycles. The standard InChI is InChI=1S/C15H26N2/c1-3-5-14-6-8-15(9-7-14)10-13-17(2)12-4-11-16/h6-9H,3-5,10-13,16H2,1-2H3. The Kier molecular flexibility index (Phi) is 6.90. The Balaban J connectivity index is 2.31. The van der Waals surface area contributed by atoms with E-state index in [2.05, 4.69) is 43.1 Å². The number of rotatable bonds is 8. The summed E-state index contributed by atoms with van der Waals surface area (Å²) in [5.74, 6) is 0. The monoisotopic (exact) mass is 234 g/mol. The van der Waals surface area contributed by atoms with Crippen molar-refractivity contribution in [1.82, 2.24) is 4.90 Å². The van der Waals surface area contributed by atoms with E-state index in [1.54, 1.807) is 0 Å². The third kappa shape index (κ3) is 5.85. The van der Waals surface area contributed by atoms with Gasteiger partial charge in [-0.15, -0.1) is 0 Å². The van der Waals surface area contributed by atoms with E-state index in [-0.39, 0.29) is 0 Å². The van der Waals surface area contributed by atoms with Crippen LogP contribution in [0.3, 0.4) is 0 Å². The summed E-state index contributed by atoms with van der Waals surface area (Å²) >= 11 is 0. The zero-order valence-electron chi connectivity index (χ0n) is 11.3. The van der Waals surface area contributed by atoms with Crippen LogP contribution in [0.15, 0.2) is 24.3 Å². The van der Waals surface area contributed by atoms with Crippen LogP contribution in [0, 0.1) is 0 Å². The molecule has 0 unspecified atom stereocenters. The molecule has 0 aliphatic heterocycles. The predicted molar refractivity (Wildman–Crippen MR) is 75.3 cm³/mol. The van der Waals surface area contributed by atoms with E-state index in [1.165, 1.54) is 24.0 Å². The molecule has 0 aliphatic rings. The Morgan fingerprint density at radius 1 is 1.00 bits per heavy atom. The maximum absolute atomic E-state index is 5.50. The fraction of sp³-hybridized carbons (Fsp3) is 0.600. The molecule has 2 N–H and O–H groups in total. The molecule has 0 heterocycles. The zero-order valence-corrected chi connectivity index (χ0v) is 11.3. The van der Waals surface area contributed by atoms with Gasteiger partial charge in [-0.1, -0.05) is 37.6 Å². The SMILES string of the molecule is CCCc1ccc(CCN(C)CCCN)cc1. The van der Waals surface area contributed by atoms with Crippen LogP contribution in [0.1, 0.15) is 30.9 Å². The van der Waals surface area contributed by atoms with Gasteiger partial charge in [-0.2, -0.15) is 0 Å². The zero-order chi connectivity index (χ0) is 12.5. The van der Waals surface area contributed by atoms with Crippen LogP contribution in [0.2, 0.25) is 0 Å². The highest BCUT2D eigenvalue weighted by Gasteiger charge is 1.99. The second-order valence-electron chi connectivity index (χ2n) is 4.76. The maximum Gasteiger partial charge on any atom is 0.00188 e. The van der Waals surface area contributed by atoms with Gasteiger partial charge in [-0.25, -0.2) is 0 Å². The largest absolute Gasteiger partial charge is 0.330 e. The van der Waals surface area contributed by atoms with Crippen LogP contribution in [-0.4, -0.2) is 31.6 Å². The number of hydrogen-bond donors (Lipinski definition) is 1. The molecule has 1 rings (SSSR count). The molecule has 0 radical (unpaired) electrons. The first-order valence-corrected chi connectivity index (χ1v) is 6.72. The van der Waals surface area contributed by atoms with Crippen molar-refractivity contribution in [2.24, 2.45) is 5.73 Å². The molecule has 0 bridgehead atoms. The van der Waals surface area contributed by atoms with Gasteiger partial charge in [0.05, 0.1) is 0 Å². The molecule has 0 amide bonds. The Hall–Kier alpha value is -0.860. The van der Waals surface area contributed by atoms with Crippen LogP contribution in [0.5, 0.6) is 0 Å². The van der Waals surface area contributed by atoms with E-state index in [0.29, 0.717) is 0 Å². The third-order valence-electron chi connectivity index (χ3n) is 3.09. The Labute approximate surface area is 106 Å². The molecule has 0 spiro atoms. The quantitative estimate of drug-likeness (QED) is 0.748. The minimum absolute atomic E-state index is 0.788. The van der Waals surface area contributed by atoms with Gasteiger partial charge in [-0.05, 0) is 50.5 Å². The summed E-state index contributed by atoms with van der Waals surface area (Å²) in [5, 5.41) is 0. The lowest BCUT2D eigenvalue weighted by atomic mass is 10.1. The third-order valence-corrected chi connectivity index (χ3v) is 3.09. The maximum atomic E-state index is 5.50. The molecule has 17 heavy (non-hydrogen) atoms. The van der Waals surface area contributed by atoms with E-state index >= 15 is 0 Å². The second-order valence-corrected chi connectivity index (χ2v) is 4.76. The van der Waals surface area contributed by atoms with E-state index in [4.69, 9.17) is 5.73 Å². The molecule has 0 aromatic heterocycles. The lowest BCUT2D eigenvalue weighted by Gasteiger charge is -2.15. The summed E-state index contributed by atoms with van der Waals surface area (Å²) in [4.78, 5) is 2.35. The summed E-state index contributed by atoms with van der Waals surface area (Å²) in [6.07, 6.45) is 4.64. The van der Waals surface area contributed by atoms with Gasteiger partial charge in [-0.3, -0.25) is 0 Å². The highest BCUT2D eigenvalue weighted by Crippen LogP contribution is 2.07. The van der Waals surface area contributed by atoms with Gasteiger partial charge in [0.15, 0.2) is 0 Å². The van der Waals surface area contributed by atoms with Gasteiger partial charge >= 0.3 is 0 Å². The van der Waals surface area contributed by atoms with Gasteiger partial charge in [0.25, 0.3) is 0 Å². The summed E-state index contributed by atoms with van der Waals surface area (Å²) in [6, 6.07) is 9.06. The Bertz CT molecular complexity index is 292. The number of aryl methyl sites for hydroxylation is 1. The van der Waals surface area contributed by atoms with Gasteiger partial charge < -0.3 is 10.6 Å². The van der Waals surface area contributed by atoms with Crippen molar-refractivity contribution in [1.29, 1.82) is 0 Å². The van der Waals surface area contributed by atoms with Crippen molar-refractivity contribution < 1.29 is 0 Å². The molecule has 1 aromatic rings. The molecular weight excluding hydrogens is 208 g/mol. The number of nitrogens with two attached hydrogens (primary N) is 1. The highest BCUT2D eigenvalue weighted by atomic mass is 15.1. The molecule has 0 aliphatic carbocycles. The van der Waals surface area contributed by atoms with Gasteiger partial charge in [0, 0.05) is 6.54 Å². The second kappa shape index (κ2) is 8.26. The predicted octanol–water partition coefficient (Wildman–Crippen LogP) is 2.46. The van der Waals surface area contributed by atoms with Crippen molar-refractivity contribution in [3.63, 3.8) is 0 Å². The molecule has 0 fully saturated rings. The lowest BCUT2D eigenvalue weighted by Crippen LogP contribution is -2.24. The van der Waals surface area contributed by atoms with E-state index < -0.39 is 0 Å². The van der Waals surface area contributed by atoms with Crippen molar-refractivity contribution >= 4 is 0 Å². The Morgan fingerprint density at radius 3 is 2.12 bits per heavy atom. The first-order valence-electron chi connectivity index (χ1n) is 6.72. The number of hydrogen-bond acceptors (Lipinski definition) is 2. The van der Waals surface area contributed by atoms with Crippen LogP contribution >= 0.6 is 0 Å². The molecule has 96 valence electrons. The van der Waals surface area contributed by atoms with Gasteiger partial charge in [0.2, 0.25) is 0 Å². The molecule has 0 saturated carbocycles.